The molecule has 1 aromatic rings. The molecule has 1 saturated heterocycles. The predicted octanol–water partition coefficient (Wildman–Crippen LogP) is -0.420. The Labute approximate surface area is 115 Å². The molecule has 0 saturated carbocycles. The van der Waals surface area contributed by atoms with Crippen molar-refractivity contribution < 1.29 is 19.4 Å². The summed E-state index contributed by atoms with van der Waals surface area (Å²) in [5, 5.41) is 18.3. The van der Waals surface area contributed by atoms with E-state index in [1.54, 1.807) is 7.05 Å². The second kappa shape index (κ2) is 5.87. The molecule has 1 aliphatic heterocycles. The van der Waals surface area contributed by atoms with Gasteiger partial charge in [0.15, 0.2) is 0 Å². The standard InChI is InChI=1S/C11H17N5O4/c1-16(6-8-12-7-13-15-8)10(19)14-11(9(17)18)2-4-20-5-3-11/h7H,2-6H2,1H3,(H,14,19)(H,17,18)(H,12,13,15). The molecule has 9 heteroatoms. The van der Waals surface area contributed by atoms with E-state index in [2.05, 4.69) is 20.5 Å². The van der Waals surface area contributed by atoms with Gasteiger partial charge in [-0.1, -0.05) is 0 Å². The zero-order valence-electron chi connectivity index (χ0n) is 11.1. The molecule has 1 aliphatic rings. The van der Waals surface area contributed by atoms with Crippen molar-refractivity contribution in [1.82, 2.24) is 25.4 Å². The Morgan fingerprint density at radius 2 is 2.25 bits per heavy atom. The maximum absolute atomic E-state index is 12.1. The SMILES string of the molecule is CN(Cc1ncn[nH]1)C(=O)NC1(C(=O)O)CCOCC1. The summed E-state index contributed by atoms with van der Waals surface area (Å²) in [6, 6.07) is -0.467. The van der Waals surface area contributed by atoms with E-state index in [9.17, 15) is 14.7 Å². The van der Waals surface area contributed by atoms with Crippen LogP contribution in [0.5, 0.6) is 0 Å². The Hall–Kier alpha value is -2.16. The first kappa shape index (κ1) is 14.3. The Morgan fingerprint density at radius 1 is 1.55 bits per heavy atom. The lowest BCUT2D eigenvalue weighted by Gasteiger charge is -2.35. The first-order valence-corrected chi connectivity index (χ1v) is 6.22. The van der Waals surface area contributed by atoms with Crippen LogP contribution in [0.3, 0.4) is 0 Å². The van der Waals surface area contributed by atoms with Crippen LogP contribution < -0.4 is 5.32 Å². The molecule has 2 rings (SSSR count). The van der Waals surface area contributed by atoms with E-state index in [4.69, 9.17) is 4.74 Å². The molecule has 0 spiro atoms. The molecule has 9 nitrogen and oxygen atoms in total. The van der Waals surface area contributed by atoms with Crippen LogP contribution in [0.15, 0.2) is 6.33 Å². The number of hydrogen-bond acceptors (Lipinski definition) is 5. The highest BCUT2D eigenvalue weighted by Crippen LogP contribution is 2.21. The smallest absolute Gasteiger partial charge is 0.329 e. The van der Waals surface area contributed by atoms with E-state index >= 15 is 0 Å². The monoisotopic (exact) mass is 283 g/mol. The molecule has 0 aliphatic carbocycles. The summed E-state index contributed by atoms with van der Waals surface area (Å²) in [5.41, 5.74) is -1.26. The first-order valence-electron chi connectivity index (χ1n) is 6.22. The number of nitrogens with zero attached hydrogens (tertiary/aromatic N) is 3. The molecule has 3 N–H and O–H groups in total. The maximum atomic E-state index is 12.1. The number of aromatic amines is 1. The Balaban J connectivity index is 1.99. The molecule has 0 unspecified atom stereocenters. The van der Waals surface area contributed by atoms with Gasteiger partial charge < -0.3 is 20.1 Å². The summed E-state index contributed by atoms with van der Waals surface area (Å²) < 4.78 is 5.15. The van der Waals surface area contributed by atoms with E-state index in [0.29, 0.717) is 19.0 Å². The van der Waals surface area contributed by atoms with Crippen molar-refractivity contribution in [3.8, 4) is 0 Å². The molecular weight excluding hydrogens is 266 g/mol. The van der Waals surface area contributed by atoms with Gasteiger partial charge in [0.1, 0.15) is 17.7 Å². The number of aromatic nitrogens is 3. The highest BCUT2D eigenvalue weighted by Gasteiger charge is 2.42. The summed E-state index contributed by atoms with van der Waals surface area (Å²) >= 11 is 0. The molecule has 0 radical (unpaired) electrons. The number of carbonyl (C=O) groups excluding carboxylic acids is 1. The zero-order valence-corrected chi connectivity index (χ0v) is 11.1. The van der Waals surface area contributed by atoms with Crippen LogP contribution in [0.2, 0.25) is 0 Å². The second-order valence-corrected chi connectivity index (χ2v) is 4.72. The van der Waals surface area contributed by atoms with Crippen molar-refractivity contribution >= 4 is 12.0 Å². The van der Waals surface area contributed by atoms with Gasteiger partial charge in [-0.25, -0.2) is 14.6 Å². The average Bonchev–Trinajstić information content (AvgIpc) is 2.92. The van der Waals surface area contributed by atoms with Crippen molar-refractivity contribution in [3.05, 3.63) is 12.2 Å². The van der Waals surface area contributed by atoms with E-state index in [1.165, 1.54) is 11.2 Å². The third kappa shape index (κ3) is 3.05. The normalized spacial score (nSPS) is 17.4. The molecular formula is C11H17N5O4. The summed E-state index contributed by atoms with van der Waals surface area (Å²) in [6.07, 6.45) is 1.85. The fourth-order valence-corrected chi connectivity index (χ4v) is 2.02. The molecule has 1 fully saturated rings. The number of rotatable bonds is 4. The van der Waals surface area contributed by atoms with Crippen LogP contribution in [0.1, 0.15) is 18.7 Å². The fourth-order valence-electron chi connectivity index (χ4n) is 2.02. The van der Waals surface area contributed by atoms with Crippen molar-refractivity contribution in [1.29, 1.82) is 0 Å². The number of nitrogens with one attached hydrogen (secondary N) is 2. The lowest BCUT2D eigenvalue weighted by molar-refractivity contribution is -0.148. The number of carboxylic acids is 1. The van der Waals surface area contributed by atoms with Crippen molar-refractivity contribution in [2.24, 2.45) is 0 Å². The number of aliphatic carboxylic acids is 1. The van der Waals surface area contributed by atoms with E-state index in [0.717, 1.165) is 0 Å². The van der Waals surface area contributed by atoms with Gasteiger partial charge in [0, 0.05) is 33.1 Å². The van der Waals surface area contributed by atoms with Gasteiger partial charge in [-0.3, -0.25) is 5.10 Å². The van der Waals surface area contributed by atoms with Crippen molar-refractivity contribution in [2.45, 2.75) is 24.9 Å². The van der Waals surface area contributed by atoms with Crippen molar-refractivity contribution in [3.63, 3.8) is 0 Å². The Kier molecular flexibility index (Phi) is 4.18. The van der Waals surface area contributed by atoms with E-state index in [-0.39, 0.29) is 19.4 Å². The lowest BCUT2D eigenvalue weighted by Crippen LogP contribution is -2.59. The minimum absolute atomic E-state index is 0.220. The highest BCUT2D eigenvalue weighted by molar-refractivity contribution is 5.86. The van der Waals surface area contributed by atoms with Crippen LogP contribution in [-0.2, 0) is 16.1 Å². The van der Waals surface area contributed by atoms with Gasteiger partial charge in [0.05, 0.1) is 6.54 Å². The van der Waals surface area contributed by atoms with Gasteiger partial charge in [-0.2, -0.15) is 5.10 Å². The lowest BCUT2D eigenvalue weighted by atomic mass is 9.90. The molecule has 20 heavy (non-hydrogen) atoms. The number of carbonyl (C=O) groups is 2. The third-order valence-corrected chi connectivity index (χ3v) is 3.30. The van der Waals surface area contributed by atoms with E-state index in [1.807, 2.05) is 0 Å². The summed E-state index contributed by atoms with van der Waals surface area (Å²) in [7, 11) is 1.56. The van der Waals surface area contributed by atoms with Crippen LogP contribution in [-0.4, -0.2) is 63.0 Å². The van der Waals surface area contributed by atoms with E-state index < -0.39 is 17.5 Å². The van der Waals surface area contributed by atoms with Gasteiger partial charge in [0.25, 0.3) is 0 Å². The fraction of sp³-hybridized carbons (Fsp3) is 0.636. The molecule has 110 valence electrons. The number of H-pyrrole nitrogens is 1. The zero-order chi connectivity index (χ0) is 14.6. The Bertz CT molecular complexity index is 469. The van der Waals surface area contributed by atoms with Gasteiger partial charge in [-0.15, -0.1) is 0 Å². The Morgan fingerprint density at radius 3 is 2.80 bits per heavy atom. The number of hydrogen-bond donors (Lipinski definition) is 3. The number of urea groups is 1. The maximum Gasteiger partial charge on any atom is 0.329 e. The minimum atomic E-state index is -1.26. The highest BCUT2D eigenvalue weighted by atomic mass is 16.5. The van der Waals surface area contributed by atoms with Crippen LogP contribution >= 0.6 is 0 Å². The number of amides is 2. The predicted molar refractivity (Wildman–Crippen MR) is 66.8 cm³/mol. The molecule has 0 bridgehead atoms. The molecule has 2 heterocycles. The molecule has 0 atom stereocenters. The summed E-state index contributed by atoms with van der Waals surface area (Å²) in [5.74, 6) is -0.513. The molecule has 2 amide bonds. The minimum Gasteiger partial charge on any atom is -0.480 e. The summed E-state index contributed by atoms with van der Waals surface area (Å²) in [4.78, 5) is 28.8. The van der Waals surface area contributed by atoms with Crippen LogP contribution in [0, 0.1) is 0 Å². The second-order valence-electron chi connectivity index (χ2n) is 4.72. The number of carboxylic acid groups (broad SMARTS) is 1. The quantitative estimate of drug-likeness (QED) is 0.690. The van der Waals surface area contributed by atoms with Gasteiger partial charge in [-0.05, 0) is 0 Å². The third-order valence-electron chi connectivity index (χ3n) is 3.30. The molecule has 1 aromatic heterocycles. The van der Waals surface area contributed by atoms with Crippen LogP contribution in [0.25, 0.3) is 0 Å². The van der Waals surface area contributed by atoms with Crippen LogP contribution in [0.4, 0.5) is 4.79 Å². The largest absolute Gasteiger partial charge is 0.480 e. The number of ether oxygens (including phenoxy) is 1. The average molecular weight is 283 g/mol. The topological polar surface area (TPSA) is 120 Å². The summed E-state index contributed by atoms with van der Waals surface area (Å²) in [6.45, 7) is 0.856. The molecule has 0 aromatic carbocycles. The van der Waals surface area contributed by atoms with Gasteiger partial charge >= 0.3 is 12.0 Å². The first-order chi connectivity index (χ1) is 9.53. The van der Waals surface area contributed by atoms with Gasteiger partial charge in [0.2, 0.25) is 0 Å². The van der Waals surface area contributed by atoms with Crippen molar-refractivity contribution in [2.75, 3.05) is 20.3 Å².